The third kappa shape index (κ3) is 6.44. The van der Waals surface area contributed by atoms with Crippen LogP contribution in [0.5, 0.6) is 5.75 Å². The summed E-state index contributed by atoms with van der Waals surface area (Å²) in [6.45, 7) is 22.9. The van der Waals surface area contributed by atoms with E-state index in [4.69, 9.17) is 0 Å². The lowest BCUT2D eigenvalue weighted by Gasteiger charge is -2.29. The van der Waals surface area contributed by atoms with Crippen LogP contribution in [0.25, 0.3) is 0 Å². The number of hydrogen-bond acceptors (Lipinski definition) is 2. The van der Waals surface area contributed by atoms with E-state index in [9.17, 15) is 5.11 Å². The van der Waals surface area contributed by atoms with Gasteiger partial charge in [-0.05, 0) is 54.1 Å². The standard InChI is InChI=1S/C28H48OS/c1-19(2)13-11-14-20(3)15-12-16-28(10)18-21-23(30-28)17-22(26(4,5)6)25(29)24(21)27(7,8)9/h17,19-20,29H,11-16,18H2,1-10H3. The zero-order valence-electron chi connectivity index (χ0n) is 21.5. The molecule has 2 heteroatoms. The van der Waals surface area contributed by atoms with Crippen molar-refractivity contribution in [3.05, 3.63) is 22.8 Å². The Bertz CT molecular complexity index is 720. The minimum atomic E-state index is -0.0515. The van der Waals surface area contributed by atoms with Gasteiger partial charge >= 0.3 is 0 Å². The van der Waals surface area contributed by atoms with Crippen molar-refractivity contribution >= 4 is 11.8 Å². The molecule has 0 saturated carbocycles. The molecule has 0 aliphatic carbocycles. The Kier molecular flexibility index (Phi) is 8.09. The molecule has 0 bridgehead atoms. The average molecular weight is 433 g/mol. The largest absolute Gasteiger partial charge is 0.507 e. The number of phenolic OH excluding ortho intramolecular Hbond substituents is 1. The molecular formula is C28H48OS. The predicted molar refractivity (Wildman–Crippen MR) is 135 cm³/mol. The first-order valence-corrected chi connectivity index (χ1v) is 13.0. The summed E-state index contributed by atoms with van der Waals surface area (Å²) in [5.74, 6) is 2.20. The van der Waals surface area contributed by atoms with Gasteiger partial charge in [-0.1, -0.05) is 94.4 Å². The van der Waals surface area contributed by atoms with Crippen molar-refractivity contribution in [1.82, 2.24) is 0 Å². The molecular weight excluding hydrogens is 384 g/mol. The monoisotopic (exact) mass is 432 g/mol. The summed E-state index contributed by atoms with van der Waals surface area (Å²) >= 11 is 2.07. The minimum Gasteiger partial charge on any atom is -0.507 e. The second-order valence-electron chi connectivity index (χ2n) is 12.7. The highest BCUT2D eigenvalue weighted by atomic mass is 32.2. The van der Waals surface area contributed by atoms with E-state index in [2.05, 4.69) is 87.1 Å². The third-order valence-electron chi connectivity index (χ3n) is 6.71. The van der Waals surface area contributed by atoms with Crippen LogP contribution in [0.1, 0.15) is 124 Å². The van der Waals surface area contributed by atoms with Crippen molar-refractivity contribution in [3.63, 3.8) is 0 Å². The molecule has 2 unspecified atom stereocenters. The number of hydrogen-bond donors (Lipinski definition) is 1. The van der Waals surface area contributed by atoms with E-state index in [1.54, 1.807) is 0 Å². The number of phenols is 1. The van der Waals surface area contributed by atoms with Crippen LogP contribution in [0, 0.1) is 11.8 Å². The molecule has 172 valence electrons. The minimum absolute atomic E-state index is 0.0494. The molecule has 0 saturated heterocycles. The second kappa shape index (κ2) is 9.47. The molecule has 0 amide bonds. The van der Waals surface area contributed by atoms with Gasteiger partial charge in [0.2, 0.25) is 0 Å². The molecule has 1 aliphatic heterocycles. The fourth-order valence-corrected chi connectivity index (χ4v) is 6.46. The number of rotatable bonds is 8. The van der Waals surface area contributed by atoms with Gasteiger partial charge < -0.3 is 5.11 Å². The molecule has 0 spiro atoms. The summed E-state index contributed by atoms with van der Waals surface area (Å²) in [6.07, 6.45) is 9.11. The SMILES string of the molecule is CC(C)CCCC(C)CCCC1(C)Cc2c(cc(C(C)(C)C)c(O)c2C(C)(C)C)S1. The normalized spacial score (nSPS) is 20.6. The maximum Gasteiger partial charge on any atom is 0.123 e. The van der Waals surface area contributed by atoms with Crippen molar-refractivity contribution in [3.8, 4) is 5.75 Å². The number of thioether (sulfide) groups is 1. The van der Waals surface area contributed by atoms with Gasteiger partial charge in [-0.25, -0.2) is 0 Å². The Morgan fingerprint density at radius 2 is 1.57 bits per heavy atom. The zero-order valence-corrected chi connectivity index (χ0v) is 22.4. The second-order valence-corrected chi connectivity index (χ2v) is 14.3. The Labute approximate surface area is 191 Å². The molecule has 0 fully saturated rings. The summed E-state index contributed by atoms with van der Waals surface area (Å²) in [4.78, 5) is 1.41. The van der Waals surface area contributed by atoms with Gasteiger partial charge in [-0.2, -0.15) is 0 Å². The van der Waals surface area contributed by atoms with Gasteiger partial charge in [0.25, 0.3) is 0 Å². The Balaban J connectivity index is 2.13. The molecule has 1 nitrogen and oxygen atoms in total. The van der Waals surface area contributed by atoms with Crippen molar-refractivity contribution in [1.29, 1.82) is 0 Å². The summed E-state index contributed by atoms with van der Waals surface area (Å²) in [5.41, 5.74) is 3.59. The molecule has 1 aromatic carbocycles. The van der Waals surface area contributed by atoms with Crippen LogP contribution in [0.4, 0.5) is 0 Å². The highest BCUT2D eigenvalue weighted by molar-refractivity contribution is 8.01. The van der Waals surface area contributed by atoms with Gasteiger partial charge in [0.05, 0.1) is 0 Å². The van der Waals surface area contributed by atoms with Crippen LogP contribution in [0.2, 0.25) is 0 Å². The summed E-state index contributed by atoms with van der Waals surface area (Å²) in [7, 11) is 0. The molecule has 1 N–H and O–H groups in total. The van der Waals surface area contributed by atoms with E-state index >= 15 is 0 Å². The summed E-state index contributed by atoms with van der Waals surface area (Å²) < 4.78 is 0.253. The van der Waals surface area contributed by atoms with Gasteiger partial charge in [0.1, 0.15) is 5.75 Å². The van der Waals surface area contributed by atoms with Crippen molar-refractivity contribution in [2.45, 2.75) is 135 Å². The van der Waals surface area contributed by atoms with E-state index in [0.29, 0.717) is 5.75 Å². The summed E-state index contributed by atoms with van der Waals surface area (Å²) in [6, 6.07) is 2.30. The molecule has 1 aliphatic rings. The third-order valence-corrected chi connectivity index (χ3v) is 8.14. The topological polar surface area (TPSA) is 20.2 Å². The van der Waals surface area contributed by atoms with Crippen molar-refractivity contribution in [2.24, 2.45) is 11.8 Å². The first kappa shape index (κ1) is 25.6. The highest BCUT2D eigenvalue weighted by Crippen LogP contribution is 2.54. The predicted octanol–water partition coefficient (Wildman–Crippen LogP) is 9.03. The lowest BCUT2D eigenvalue weighted by Crippen LogP contribution is -2.22. The van der Waals surface area contributed by atoms with Crippen LogP contribution in [0.15, 0.2) is 11.0 Å². The maximum absolute atomic E-state index is 11.3. The highest BCUT2D eigenvalue weighted by Gasteiger charge is 2.40. The van der Waals surface area contributed by atoms with E-state index in [1.165, 1.54) is 54.5 Å². The van der Waals surface area contributed by atoms with Crippen LogP contribution in [0.3, 0.4) is 0 Å². The van der Waals surface area contributed by atoms with Gasteiger partial charge in [-0.3, -0.25) is 0 Å². The van der Waals surface area contributed by atoms with E-state index < -0.39 is 0 Å². The molecule has 0 radical (unpaired) electrons. The molecule has 2 atom stereocenters. The van der Waals surface area contributed by atoms with Crippen LogP contribution < -0.4 is 0 Å². The van der Waals surface area contributed by atoms with Crippen LogP contribution >= 0.6 is 11.8 Å². The maximum atomic E-state index is 11.3. The van der Waals surface area contributed by atoms with Crippen molar-refractivity contribution < 1.29 is 5.11 Å². The Hall–Kier alpha value is -0.630. The fraction of sp³-hybridized carbons (Fsp3) is 0.786. The fourth-order valence-electron chi connectivity index (χ4n) is 4.99. The Morgan fingerprint density at radius 1 is 0.967 bits per heavy atom. The van der Waals surface area contributed by atoms with Gasteiger partial charge in [0.15, 0.2) is 0 Å². The molecule has 30 heavy (non-hydrogen) atoms. The van der Waals surface area contributed by atoms with E-state index in [-0.39, 0.29) is 15.6 Å². The van der Waals surface area contributed by atoms with E-state index in [0.717, 1.165) is 23.8 Å². The van der Waals surface area contributed by atoms with Crippen molar-refractivity contribution in [2.75, 3.05) is 0 Å². The molecule has 1 heterocycles. The lowest BCUT2D eigenvalue weighted by molar-refractivity contribution is 0.407. The van der Waals surface area contributed by atoms with E-state index in [1.807, 2.05) is 0 Å². The van der Waals surface area contributed by atoms with Crippen LogP contribution in [-0.2, 0) is 17.3 Å². The lowest BCUT2D eigenvalue weighted by atomic mass is 9.76. The number of aromatic hydroxyl groups is 1. The first-order chi connectivity index (χ1) is 13.6. The van der Waals surface area contributed by atoms with Gasteiger partial charge in [-0.15, -0.1) is 11.8 Å². The molecule has 0 aromatic heterocycles. The Morgan fingerprint density at radius 3 is 2.10 bits per heavy atom. The van der Waals surface area contributed by atoms with Gasteiger partial charge in [0, 0.05) is 20.8 Å². The average Bonchev–Trinajstić information content (AvgIpc) is 2.87. The zero-order chi connectivity index (χ0) is 22.9. The summed E-state index contributed by atoms with van der Waals surface area (Å²) in [5, 5.41) is 11.3. The number of benzene rings is 1. The quantitative estimate of drug-likeness (QED) is 0.442. The molecule has 2 rings (SSSR count). The van der Waals surface area contributed by atoms with Crippen LogP contribution in [-0.4, -0.2) is 9.85 Å². The smallest absolute Gasteiger partial charge is 0.123 e. The first-order valence-electron chi connectivity index (χ1n) is 12.2. The molecule has 1 aromatic rings. The number of fused-ring (bicyclic) bond motifs is 1.